The van der Waals surface area contributed by atoms with Crippen molar-refractivity contribution in [3.63, 3.8) is 0 Å². The van der Waals surface area contributed by atoms with Crippen LogP contribution in [-0.4, -0.2) is 55.0 Å². The Labute approximate surface area is 152 Å². The lowest BCUT2D eigenvalue weighted by Crippen LogP contribution is -2.46. The van der Waals surface area contributed by atoms with Gasteiger partial charge in [-0.1, -0.05) is 32.0 Å². The average Bonchev–Trinajstić information content (AvgIpc) is 3.17. The molecule has 2 unspecified atom stereocenters. The molecule has 3 rings (SSSR count). The molecule has 0 radical (unpaired) electrons. The number of carbonyl (C=O) groups excluding carboxylic acids is 2. The summed E-state index contributed by atoms with van der Waals surface area (Å²) in [5.74, 6) is 0.725. The summed E-state index contributed by atoms with van der Waals surface area (Å²) < 4.78 is 1.13. The van der Waals surface area contributed by atoms with E-state index in [1.807, 2.05) is 35.2 Å². The Hall–Kier alpha value is -2.08. The molecule has 0 aliphatic carbocycles. The van der Waals surface area contributed by atoms with Gasteiger partial charge in [0, 0.05) is 37.8 Å². The van der Waals surface area contributed by atoms with Crippen LogP contribution in [0.15, 0.2) is 30.3 Å². The molecule has 3 amide bonds. The van der Waals surface area contributed by atoms with Gasteiger partial charge in [-0.05, 0) is 23.4 Å². The smallest absolute Gasteiger partial charge is 0.317 e. The van der Waals surface area contributed by atoms with Gasteiger partial charge in [0.25, 0.3) is 5.91 Å². The number of amides is 3. The van der Waals surface area contributed by atoms with Gasteiger partial charge in [0.05, 0.1) is 10.9 Å². The second-order valence-electron chi connectivity index (χ2n) is 7.22. The summed E-state index contributed by atoms with van der Waals surface area (Å²) in [6, 6.07) is 9.91. The topological polar surface area (TPSA) is 52.7 Å². The van der Waals surface area contributed by atoms with Gasteiger partial charge >= 0.3 is 6.03 Å². The number of urea groups is 1. The Kier molecular flexibility index (Phi) is 4.99. The van der Waals surface area contributed by atoms with Crippen LogP contribution in [0, 0.1) is 11.8 Å². The molecule has 6 heteroatoms. The monoisotopic (exact) mass is 359 g/mol. The van der Waals surface area contributed by atoms with E-state index in [-0.39, 0.29) is 23.9 Å². The van der Waals surface area contributed by atoms with E-state index in [1.54, 1.807) is 14.1 Å². The fraction of sp³-hybridized carbons (Fsp3) is 0.474. The number of likely N-dealkylation sites (tertiary alicyclic amines) is 1. The van der Waals surface area contributed by atoms with Gasteiger partial charge in [-0.2, -0.15) is 0 Å². The van der Waals surface area contributed by atoms with Gasteiger partial charge in [0.2, 0.25) is 0 Å². The van der Waals surface area contributed by atoms with Crippen LogP contribution >= 0.6 is 11.3 Å². The SMILES string of the molecule is CC(C)C1CN(C(=O)c2cc3ccccc3s2)CC1NC(=O)N(C)C. The average molecular weight is 359 g/mol. The molecule has 1 saturated heterocycles. The van der Waals surface area contributed by atoms with E-state index in [0.29, 0.717) is 19.0 Å². The lowest BCUT2D eigenvalue weighted by atomic mass is 9.91. The Bertz CT molecular complexity index is 751. The molecule has 1 aromatic carbocycles. The van der Waals surface area contributed by atoms with Gasteiger partial charge in [0.15, 0.2) is 0 Å². The fourth-order valence-electron chi connectivity index (χ4n) is 3.35. The molecule has 0 saturated carbocycles. The molecule has 5 nitrogen and oxygen atoms in total. The van der Waals surface area contributed by atoms with Gasteiger partial charge in [-0.25, -0.2) is 4.79 Å². The molecule has 25 heavy (non-hydrogen) atoms. The number of fused-ring (bicyclic) bond motifs is 1. The van der Waals surface area contributed by atoms with Crippen molar-refractivity contribution in [1.82, 2.24) is 15.1 Å². The van der Waals surface area contributed by atoms with Crippen molar-refractivity contribution >= 4 is 33.4 Å². The first kappa shape index (κ1) is 17.7. The highest BCUT2D eigenvalue weighted by Gasteiger charge is 2.38. The first-order valence-electron chi connectivity index (χ1n) is 8.62. The van der Waals surface area contributed by atoms with Crippen LogP contribution < -0.4 is 5.32 Å². The molecule has 1 aliphatic rings. The molecule has 1 aromatic heterocycles. The van der Waals surface area contributed by atoms with E-state index in [2.05, 4.69) is 19.2 Å². The maximum absolute atomic E-state index is 13.0. The predicted octanol–water partition coefficient (Wildman–Crippen LogP) is 3.27. The number of nitrogens with zero attached hydrogens (tertiary/aromatic N) is 2. The standard InChI is InChI=1S/C19H25N3O2S/c1-12(2)14-10-22(11-15(14)20-19(24)21(3)4)18(23)17-9-13-7-5-6-8-16(13)25-17/h5-9,12,14-15H,10-11H2,1-4H3,(H,20,24). The summed E-state index contributed by atoms with van der Waals surface area (Å²) >= 11 is 1.54. The highest BCUT2D eigenvalue weighted by molar-refractivity contribution is 7.20. The van der Waals surface area contributed by atoms with E-state index in [4.69, 9.17) is 0 Å². The van der Waals surface area contributed by atoms with Gasteiger partial charge in [-0.15, -0.1) is 11.3 Å². The zero-order valence-corrected chi connectivity index (χ0v) is 16.0. The minimum absolute atomic E-state index is 0.00627. The summed E-state index contributed by atoms with van der Waals surface area (Å²) in [5.41, 5.74) is 0. The molecule has 1 aliphatic heterocycles. The second-order valence-corrected chi connectivity index (χ2v) is 8.30. The third-order valence-electron chi connectivity index (χ3n) is 4.86. The number of nitrogens with one attached hydrogen (secondary N) is 1. The van der Waals surface area contributed by atoms with Crippen molar-refractivity contribution < 1.29 is 9.59 Å². The van der Waals surface area contributed by atoms with Crippen molar-refractivity contribution in [2.45, 2.75) is 19.9 Å². The molecule has 1 fully saturated rings. The van der Waals surface area contributed by atoms with Crippen LogP contribution in [0.5, 0.6) is 0 Å². The molecule has 1 N–H and O–H groups in total. The highest BCUT2D eigenvalue weighted by atomic mass is 32.1. The van der Waals surface area contributed by atoms with Crippen LogP contribution in [0.3, 0.4) is 0 Å². The van der Waals surface area contributed by atoms with Crippen molar-refractivity contribution in [3.05, 3.63) is 35.2 Å². The quantitative estimate of drug-likeness (QED) is 0.914. The molecule has 2 heterocycles. The summed E-state index contributed by atoms with van der Waals surface area (Å²) in [5, 5.41) is 4.17. The largest absolute Gasteiger partial charge is 0.336 e. The number of rotatable bonds is 3. The number of hydrogen-bond donors (Lipinski definition) is 1. The summed E-state index contributed by atoms with van der Waals surface area (Å²) in [6.07, 6.45) is 0. The Morgan fingerprint density at radius 2 is 1.96 bits per heavy atom. The molecule has 0 bridgehead atoms. The number of benzene rings is 1. The van der Waals surface area contributed by atoms with Crippen LogP contribution in [0.4, 0.5) is 4.79 Å². The lowest BCUT2D eigenvalue weighted by molar-refractivity contribution is 0.0787. The van der Waals surface area contributed by atoms with Gasteiger partial charge < -0.3 is 15.1 Å². The number of hydrogen-bond acceptors (Lipinski definition) is 3. The van der Waals surface area contributed by atoms with E-state index in [1.165, 1.54) is 16.2 Å². The summed E-state index contributed by atoms with van der Waals surface area (Å²) in [6.45, 7) is 5.54. The van der Waals surface area contributed by atoms with Crippen LogP contribution in [0.25, 0.3) is 10.1 Å². The van der Waals surface area contributed by atoms with E-state index in [0.717, 1.165) is 15.0 Å². The minimum Gasteiger partial charge on any atom is -0.336 e. The normalized spacial score (nSPS) is 20.3. The minimum atomic E-state index is -0.105. The van der Waals surface area contributed by atoms with Crippen LogP contribution in [-0.2, 0) is 0 Å². The number of thiophene rings is 1. The van der Waals surface area contributed by atoms with Crippen molar-refractivity contribution in [1.29, 1.82) is 0 Å². The maximum Gasteiger partial charge on any atom is 0.317 e. The van der Waals surface area contributed by atoms with Crippen molar-refractivity contribution in [3.8, 4) is 0 Å². The molecule has 134 valence electrons. The Morgan fingerprint density at radius 1 is 1.24 bits per heavy atom. The molecule has 2 atom stereocenters. The zero-order chi connectivity index (χ0) is 18.1. The predicted molar refractivity (Wildman–Crippen MR) is 102 cm³/mol. The van der Waals surface area contributed by atoms with Gasteiger partial charge in [0.1, 0.15) is 0 Å². The Balaban J connectivity index is 1.77. The second kappa shape index (κ2) is 7.04. The highest BCUT2D eigenvalue weighted by Crippen LogP contribution is 2.30. The van der Waals surface area contributed by atoms with E-state index >= 15 is 0 Å². The third kappa shape index (κ3) is 3.63. The van der Waals surface area contributed by atoms with Crippen LogP contribution in [0.2, 0.25) is 0 Å². The summed E-state index contributed by atoms with van der Waals surface area (Å²) in [7, 11) is 3.46. The molecule has 0 spiro atoms. The van der Waals surface area contributed by atoms with Gasteiger partial charge in [-0.3, -0.25) is 4.79 Å². The first-order valence-corrected chi connectivity index (χ1v) is 9.44. The molecule has 2 aromatic rings. The Morgan fingerprint density at radius 3 is 2.60 bits per heavy atom. The molecular weight excluding hydrogens is 334 g/mol. The zero-order valence-electron chi connectivity index (χ0n) is 15.2. The van der Waals surface area contributed by atoms with E-state index in [9.17, 15) is 9.59 Å². The number of carbonyl (C=O) groups is 2. The van der Waals surface area contributed by atoms with E-state index < -0.39 is 0 Å². The summed E-state index contributed by atoms with van der Waals surface area (Å²) in [4.78, 5) is 29.2. The third-order valence-corrected chi connectivity index (χ3v) is 5.96. The fourth-order valence-corrected chi connectivity index (χ4v) is 4.38. The lowest BCUT2D eigenvalue weighted by Gasteiger charge is -2.24. The van der Waals surface area contributed by atoms with Crippen LogP contribution in [0.1, 0.15) is 23.5 Å². The first-order chi connectivity index (χ1) is 11.9. The van der Waals surface area contributed by atoms with Crippen molar-refractivity contribution in [2.75, 3.05) is 27.2 Å². The maximum atomic E-state index is 13.0. The molecular formula is C19H25N3O2S. The van der Waals surface area contributed by atoms with Crippen molar-refractivity contribution in [2.24, 2.45) is 11.8 Å².